The standard InChI is InChI=1S/C13H11BrFIN2/c14-8-1-3-10(18-7-8)6-13(17)11-4-2-9(15)5-12(11)16/h1-5,7,13H,6,17H2. The molecule has 0 bridgehead atoms. The summed E-state index contributed by atoms with van der Waals surface area (Å²) in [4.78, 5) is 4.29. The Morgan fingerprint density at radius 3 is 2.72 bits per heavy atom. The molecule has 0 fully saturated rings. The lowest BCUT2D eigenvalue weighted by molar-refractivity contribution is 0.622. The Hall–Kier alpha value is -0.530. The minimum atomic E-state index is -0.239. The number of nitrogens with two attached hydrogens (primary N) is 1. The Labute approximate surface area is 127 Å². The van der Waals surface area contributed by atoms with Gasteiger partial charge in [0.1, 0.15) is 5.82 Å². The van der Waals surface area contributed by atoms with Crippen molar-refractivity contribution in [3.63, 3.8) is 0 Å². The summed E-state index contributed by atoms with van der Waals surface area (Å²) in [5.41, 5.74) is 8.01. The summed E-state index contributed by atoms with van der Waals surface area (Å²) in [6, 6.07) is 8.36. The molecule has 0 saturated heterocycles. The van der Waals surface area contributed by atoms with Crippen molar-refractivity contribution in [2.75, 3.05) is 0 Å². The number of halogens is 3. The molecule has 0 aliphatic rings. The van der Waals surface area contributed by atoms with Gasteiger partial charge in [-0.15, -0.1) is 0 Å². The molecule has 94 valence electrons. The summed E-state index contributed by atoms with van der Waals surface area (Å²) in [5.74, 6) is -0.239. The van der Waals surface area contributed by atoms with Gasteiger partial charge in [0.25, 0.3) is 0 Å². The van der Waals surface area contributed by atoms with Gasteiger partial charge >= 0.3 is 0 Å². The molecule has 2 aromatic rings. The molecule has 1 heterocycles. The number of hydrogen-bond donors (Lipinski definition) is 1. The molecular formula is C13H11BrFIN2. The van der Waals surface area contributed by atoms with E-state index in [0.717, 1.165) is 19.3 Å². The lowest BCUT2D eigenvalue weighted by atomic mass is 10.0. The van der Waals surface area contributed by atoms with E-state index in [0.29, 0.717) is 6.42 Å². The first-order chi connectivity index (χ1) is 8.56. The first kappa shape index (κ1) is 13.9. The summed E-state index contributed by atoms with van der Waals surface area (Å²) in [6.45, 7) is 0. The van der Waals surface area contributed by atoms with Gasteiger partial charge in [-0.2, -0.15) is 0 Å². The summed E-state index contributed by atoms with van der Waals surface area (Å²) in [5, 5.41) is 0. The summed E-state index contributed by atoms with van der Waals surface area (Å²) >= 11 is 5.44. The van der Waals surface area contributed by atoms with Crippen LogP contribution in [-0.4, -0.2) is 4.98 Å². The average molecular weight is 421 g/mol. The Bertz CT molecular complexity index is 545. The number of hydrogen-bond acceptors (Lipinski definition) is 2. The van der Waals surface area contributed by atoms with Crippen molar-refractivity contribution in [3.8, 4) is 0 Å². The maximum atomic E-state index is 13.0. The van der Waals surface area contributed by atoms with Crippen LogP contribution in [0.1, 0.15) is 17.3 Å². The smallest absolute Gasteiger partial charge is 0.124 e. The maximum absolute atomic E-state index is 13.0. The second-order valence-electron chi connectivity index (χ2n) is 3.94. The third-order valence-electron chi connectivity index (χ3n) is 2.58. The lowest BCUT2D eigenvalue weighted by Gasteiger charge is -2.13. The van der Waals surface area contributed by atoms with E-state index in [9.17, 15) is 4.39 Å². The topological polar surface area (TPSA) is 38.9 Å². The highest BCUT2D eigenvalue weighted by Crippen LogP contribution is 2.22. The van der Waals surface area contributed by atoms with E-state index in [1.165, 1.54) is 12.1 Å². The lowest BCUT2D eigenvalue weighted by Crippen LogP contribution is -2.15. The third-order valence-corrected chi connectivity index (χ3v) is 3.98. The summed E-state index contributed by atoms with van der Waals surface area (Å²) < 4.78 is 14.8. The van der Waals surface area contributed by atoms with Crippen molar-refractivity contribution < 1.29 is 4.39 Å². The summed E-state index contributed by atoms with van der Waals surface area (Å²) in [7, 11) is 0. The molecule has 1 aromatic carbocycles. The molecule has 1 aromatic heterocycles. The number of aromatic nitrogens is 1. The molecule has 2 nitrogen and oxygen atoms in total. The molecule has 0 amide bonds. The maximum Gasteiger partial charge on any atom is 0.124 e. The van der Waals surface area contributed by atoms with Crippen molar-refractivity contribution in [3.05, 3.63) is 61.6 Å². The number of rotatable bonds is 3. The number of benzene rings is 1. The van der Waals surface area contributed by atoms with Gasteiger partial charge in [-0.25, -0.2) is 4.39 Å². The van der Waals surface area contributed by atoms with E-state index in [1.54, 1.807) is 12.3 Å². The van der Waals surface area contributed by atoms with Crippen LogP contribution in [0.2, 0.25) is 0 Å². The highest BCUT2D eigenvalue weighted by Gasteiger charge is 2.12. The third kappa shape index (κ3) is 3.49. The molecule has 5 heteroatoms. The minimum absolute atomic E-state index is 0.175. The van der Waals surface area contributed by atoms with Crippen LogP contribution in [0.25, 0.3) is 0 Å². The largest absolute Gasteiger partial charge is 0.324 e. The molecular weight excluding hydrogens is 410 g/mol. The number of nitrogens with zero attached hydrogens (tertiary/aromatic N) is 1. The van der Waals surface area contributed by atoms with Crippen LogP contribution in [0.4, 0.5) is 4.39 Å². The molecule has 0 spiro atoms. The first-order valence-electron chi connectivity index (χ1n) is 5.37. The van der Waals surface area contributed by atoms with E-state index >= 15 is 0 Å². The fraction of sp³-hybridized carbons (Fsp3) is 0.154. The van der Waals surface area contributed by atoms with Gasteiger partial charge in [0.05, 0.1) is 0 Å². The molecule has 2 rings (SSSR count). The zero-order valence-electron chi connectivity index (χ0n) is 9.41. The van der Waals surface area contributed by atoms with Gasteiger partial charge < -0.3 is 5.73 Å². The van der Waals surface area contributed by atoms with Crippen LogP contribution in [0, 0.1) is 9.39 Å². The highest BCUT2D eigenvalue weighted by molar-refractivity contribution is 14.1. The van der Waals surface area contributed by atoms with E-state index in [4.69, 9.17) is 5.73 Å². The number of pyridine rings is 1. The first-order valence-corrected chi connectivity index (χ1v) is 7.24. The molecule has 2 N–H and O–H groups in total. The van der Waals surface area contributed by atoms with Crippen LogP contribution in [0.5, 0.6) is 0 Å². The minimum Gasteiger partial charge on any atom is -0.324 e. The van der Waals surface area contributed by atoms with Gasteiger partial charge in [0, 0.05) is 32.4 Å². The van der Waals surface area contributed by atoms with Gasteiger partial charge in [0.15, 0.2) is 0 Å². The highest BCUT2D eigenvalue weighted by atomic mass is 127. The predicted octanol–water partition coefficient (Wildman–Crippen LogP) is 3.83. The van der Waals surface area contributed by atoms with Crippen LogP contribution < -0.4 is 5.73 Å². The van der Waals surface area contributed by atoms with E-state index in [-0.39, 0.29) is 11.9 Å². The van der Waals surface area contributed by atoms with Gasteiger partial charge in [-0.3, -0.25) is 4.98 Å². The zero-order chi connectivity index (χ0) is 13.1. The predicted molar refractivity (Wildman–Crippen MR) is 81.7 cm³/mol. The fourth-order valence-electron chi connectivity index (χ4n) is 1.66. The SMILES string of the molecule is NC(Cc1ccc(Br)cn1)c1ccc(F)cc1I. The van der Waals surface area contributed by atoms with Gasteiger partial charge in [0.2, 0.25) is 0 Å². The normalized spacial score (nSPS) is 12.4. The monoisotopic (exact) mass is 420 g/mol. The molecule has 1 atom stereocenters. The quantitative estimate of drug-likeness (QED) is 0.766. The van der Waals surface area contributed by atoms with Crippen molar-refractivity contribution in [2.24, 2.45) is 5.73 Å². The van der Waals surface area contributed by atoms with Crippen LogP contribution in [0.15, 0.2) is 41.0 Å². The second kappa shape index (κ2) is 6.08. The zero-order valence-corrected chi connectivity index (χ0v) is 13.2. The summed E-state index contributed by atoms with van der Waals surface area (Å²) in [6.07, 6.45) is 2.38. The van der Waals surface area contributed by atoms with Crippen LogP contribution in [0.3, 0.4) is 0 Å². The van der Waals surface area contributed by atoms with Crippen LogP contribution >= 0.6 is 38.5 Å². The fourth-order valence-corrected chi connectivity index (χ4v) is 2.78. The molecule has 18 heavy (non-hydrogen) atoms. The van der Waals surface area contributed by atoms with Gasteiger partial charge in [-0.1, -0.05) is 6.07 Å². The average Bonchev–Trinajstić information content (AvgIpc) is 2.32. The van der Waals surface area contributed by atoms with Crippen molar-refractivity contribution in [2.45, 2.75) is 12.5 Å². The Balaban J connectivity index is 2.16. The van der Waals surface area contributed by atoms with E-state index in [1.807, 2.05) is 12.1 Å². The molecule has 0 radical (unpaired) electrons. The van der Waals surface area contributed by atoms with Crippen LogP contribution in [-0.2, 0) is 6.42 Å². The Morgan fingerprint density at radius 2 is 2.11 bits per heavy atom. The van der Waals surface area contributed by atoms with Crippen molar-refractivity contribution >= 4 is 38.5 Å². The molecule has 1 unspecified atom stereocenters. The van der Waals surface area contributed by atoms with Crippen molar-refractivity contribution in [1.82, 2.24) is 4.98 Å². The molecule has 0 saturated carbocycles. The molecule has 0 aliphatic carbocycles. The van der Waals surface area contributed by atoms with Gasteiger partial charge in [-0.05, 0) is 68.3 Å². The van der Waals surface area contributed by atoms with Crippen molar-refractivity contribution in [1.29, 1.82) is 0 Å². The Morgan fingerprint density at radius 1 is 1.33 bits per heavy atom. The van der Waals surface area contributed by atoms with E-state index in [2.05, 4.69) is 43.5 Å². The Kier molecular flexibility index (Phi) is 4.69. The molecule has 0 aliphatic heterocycles. The second-order valence-corrected chi connectivity index (χ2v) is 6.02. The van der Waals surface area contributed by atoms with E-state index < -0.39 is 0 Å².